The molecule has 0 atom stereocenters. The molecule has 156 valence electrons. The maximum atomic E-state index is 5.57. The predicted molar refractivity (Wildman–Crippen MR) is 105 cm³/mol. The zero-order chi connectivity index (χ0) is 19.0. The number of aromatic nitrogens is 3. The fourth-order valence-electron chi connectivity index (χ4n) is 2.51. The Hall–Kier alpha value is -0.750. The van der Waals surface area contributed by atoms with E-state index in [-0.39, 0.29) is 0 Å². The molecule has 0 bridgehead atoms. The Bertz CT molecular complexity index is 474. The zero-order valence-corrected chi connectivity index (χ0v) is 16.9. The molecule has 1 saturated heterocycles. The molecule has 2 N–H and O–H groups in total. The summed E-state index contributed by atoms with van der Waals surface area (Å²) in [6, 6.07) is 0. The van der Waals surface area contributed by atoms with E-state index in [0.717, 1.165) is 25.3 Å². The van der Waals surface area contributed by atoms with Gasteiger partial charge >= 0.3 is 0 Å². The highest BCUT2D eigenvalue weighted by molar-refractivity contribution is 7.99. The lowest BCUT2D eigenvalue weighted by atomic mass is 10.4. The zero-order valence-electron chi connectivity index (χ0n) is 16.1. The van der Waals surface area contributed by atoms with E-state index in [9.17, 15) is 0 Å². The Labute approximate surface area is 165 Å². The summed E-state index contributed by atoms with van der Waals surface area (Å²) in [5.74, 6) is 2.42. The van der Waals surface area contributed by atoms with E-state index >= 15 is 0 Å². The summed E-state index contributed by atoms with van der Waals surface area (Å²) in [5.41, 5.74) is 6.35. The molecule has 1 aromatic rings. The van der Waals surface area contributed by atoms with Crippen LogP contribution in [0.25, 0.3) is 0 Å². The molecule has 0 saturated carbocycles. The molecule has 1 aliphatic rings. The van der Waals surface area contributed by atoms with Gasteiger partial charge in [0.1, 0.15) is 0 Å². The summed E-state index contributed by atoms with van der Waals surface area (Å²) in [5, 5.41) is 8.41. The molecule has 0 radical (unpaired) electrons. The summed E-state index contributed by atoms with van der Waals surface area (Å²) in [4.78, 5) is 2.43. The van der Waals surface area contributed by atoms with Gasteiger partial charge < -0.3 is 24.7 Å². The SMILES string of the molecule is NCCOCCOCCOCCOCCn1cc(CN2CCSCC2)nn1. The van der Waals surface area contributed by atoms with Crippen molar-refractivity contribution in [1.29, 1.82) is 0 Å². The number of hydrogen-bond acceptors (Lipinski definition) is 9. The number of nitrogens with zero attached hydrogens (tertiary/aromatic N) is 4. The third-order valence-corrected chi connectivity index (χ3v) is 4.86. The number of hydrogen-bond donors (Lipinski definition) is 1. The Balaban J connectivity index is 1.38. The normalized spacial score (nSPS) is 15.4. The summed E-state index contributed by atoms with van der Waals surface area (Å²) >= 11 is 2.02. The van der Waals surface area contributed by atoms with E-state index in [1.807, 2.05) is 22.6 Å². The van der Waals surface area contributed by atoms with Gasteiger partial charge in [0.15, 0.2) is 0 Å². The first-order chi connectivity index (χ1) is 13.4. The topological polar surface area (TPSA) is 96.9 Å². The molecule has 0 spiro atoms. The van der Waals surface area contributed by atoms with Crippen molar-refractivity contribution < 1.29 is 18.9 Å². The number of ether oxygens (including phenoxy) is 4. The molecule has 2 heterocycles. The van der Waals surface area contributed by atoms with Crippen molar-refractivity contribution in [3.05, 3.63) is 11.9 Å². The van der Waals surface area contributed by atoms with Crippen LogP contribution >= 0.6 is 11.8 Å². The van der Waals surface area contributed by atoms with Gasteiger partial charge in [0.05, 0.1) is 65.1 Å². The highest BCUT2D eigenvalue weighted by Gasteiger charge is 2.12. The van der Waals surface area contributed by atoms with E-state index in [4.69, 9.17) is 24.7 Å². The summed E-state index contributed by atoms with van der Waals surface area (Å²) in [7, 11) is 0. The summed E-state index contributed by atoms with van der Waals surface area (Å²) in [6.07, 6.45) is 2.01. The molecule has 9 nitrogen and oxygen atoms in total. The van der Waals surface area contributed by atoms with Crippen molar-refractivity contribution in [3.8, 4) is 0 Å². The van der Waals surface area contributed by atoms with Crippen LogP contribution in [0, 0.1) is 0 Å². The van der Waals surface area contributed by atoms with E-state index in [1.165, 1.54) is 11.5 Å². The lowest BCUT2D eigenvalue weighted by molar-refractivity contribution is -0.00200. The van der Waals surface area contributed by atoms with E-state index in [2.05, 4.69) is 15.2 Å². The second kappa shape index (κ2) is 15.2. The third-order valence-electron chi connectivity index (χ3n) is 3.92. The standard InChI is InChI=1S/C17H33N5O4S/c18-1-5-23-7-9-25-11-12-26-10-8-24-6-2-22-16-17(19-20-22)15-21-3-13-27-14-4-21/h16H,1-15,18H2. The summed E-state index contributed by atoms with van der Waals surface area (Å²) < 4.78 is 23.4. The van der Waals surface area contributed by atoms with Gasteiger partial charge in [-0.3, -0.25) is 4.90 Å². The molecule has 1 aromatic heterocycles. The molecule has 0 amide bonds. The molecule has 1 aliphatic heterocycles. The van der Waals surface area contributed by atoms with Crippen LogP contribution in [0.4, 0.5) is 0 Å². The van der Waals surface area contributed by atoms with Gasteiger partial charge in [-0.2, -0.15) is 11.8 Å². The quantitative estimate of drug-likeness (QED) is 0.378. The lowest BCUT2D eigenvalue weighted by Gasteiger charge is -2.24. The monoisotopic (exact) mass is 403 g/mol. The van der Waals surface area contributed by atoms with Crippen LogP contribution < -0.4 is 5.73 Å². The second-order valence-corrected chi connectivity index (χ2v) is 7.32. The van der Waals surface area contributed by atoms with E-state index < -0.39 is 0 Å². The Morgan fingerprint density at radius 3 is 2.11 bits per heavy atom. The minimum atomic E-state index is 0.541. The predicted octanol–water partition coefficient (Wildman–Crippen LogP) is -0.148. The number of thioether (sulfide) groups is 1. The maximum absolute atomic E-state index is 5.57. The van der Waals surface area contributed by atoms with Crippen molar-refractivity contribution in [3.63, 3.8) is 0 Å². The van der Waals surface area contributed by atoms with Crippen LogP contribution in [-0.2, 0) is 32.0 Å². The first kappa shape index (κ1) is 22.5. The smallest absolute Gasteiger partial charge is 0.0967 e. The van der Waals surface area contributed by atoms with Crippen LogP contribution in [-0.4, -0.2) is 104 Å². The third kappa shape index (κ3) is 11.0. The highest BCUT2D eigenvalue weighted by Crippen LogP contribution is 2.11. The van der Waals surface area contributed by atoms with Gasteiger partial charge in [-0.05, 0) is 0 Å². The van der Waals surface area contributed by atoms with Crippen molar-refractivity contribution in [2.45, 2.75) is 13.1 Å². The number of nitrogens with two attached hydrogens (primary N) is 1. The van der Waals surface area contributed by atoms with Gasteiger partial charge in [0.2, 0.25) is 0 Å². The minimum Gasteiger partial charge on any atom is -0.378 e. The van der Waals surface area contributed by atoms with E-state index in [1.54, 1.807) is 0 Å². The average molecular weight is 404 g/mol. The lowest BCUT2D eigenvalue weighted by Crippen LogP contribution is -2.32. The fraction of sp³-hybridized carbons (Fsp3) is 0.882. The molecule has 1 fully saturated rings. The molecule has 2 rings (SSSR count). The van der Waals surface area contributed by atoms with Crippen LogP contribution in [0.15, 0.2) is 6.20 Å². The van der Waals surface area contributed by atoms with Crippen molar-refractivity contribution >= 4 is 11.8 Å². The molecular formula is C17H33N5O4S. The van der Waals surface area contributed by atoms with Gasteiger partial charge in [0, 0.05) is 43.9 Å². The highest BCUT2D eigenvalue weighted by atomic mass is 32.2. The van der Waals surface area contributed by atoms with E-state index in [0.29, 0.717) is 65.9 Å². The number of rotatable bonds is 16. The molecule has 0 aromatic carbocycles. The second-order valence-electron chi connectivity index (χ2n) is 6.10. The molecule has 27 heavy (non-hydrogen) atoms. The Kier molecular flexibility index (Phi) is 12.7. The Morgan fingerprint density at radius 1 is 0.889 bits per heavy atom. The maximum Gasteiger partial charge on any atom is 0.0967 e. The molecule has 10 heteroatoms. The molecule has 0 unspecified atom stereocenters. The fourth-order valence-corrected chi connectivity index (χ4v) is 3.49. The first-order valence-electron chi connectivity index (χ1n) is 9.58. The average Bonchev–Trinajstić information content (AvgIpc) is 3.13. The van der Waals surface area contributed by atoms with Crippen molar-refractivity contribution in [1.82, 2.24) is 19.9 Å². The largest absolute Gasteiger partial charge is 0.378 e. The minimum absolute atomic E-state index is 0.541. The van der Waals surface area contributed by atoms with Crippen LogP contribution in [0.2, 0.25) is 0 Å². The van der Waals surface area contributed by atoms with Crippen LogP contribution in [0.1, 0.15) is 5.69 Å². The van der Waals surface area contributed by atoms with Gasteiger partial charge in [-0.1, -0.05) is 5.21 Å². The van der Waals surface area contributed by atoms with Gasteiger partial charge in [-0.25, -0.2) is 4.68 Å². The summed E-state index contributed by atoms with van der Waals surface area (Å²) in [6.45, 7) is 8.94. The molecule has 0 aliphatic carbocycles. The Morgan fingerprint density at radius 2 is 1.48 bits per heavy atom. The van der Waals surface area contributed by atoms with Crippen LogP contribution in [0.5, 0.6) is 0 Å². The van der Waals surface area contributed by atoms with Crippen molar-refractivity contribution in [2.24, 2.45) is 5.73 Å². The molecular weight excluding hydrogens is 370 g/mol. The van der Waals surface area contributed by atoms with Crippen molar-refractivity contribution in [2.75, 3.05) is 84.0 Å². The first-order valence-corrected chi connectivity index (χ1v) is 10.7. The van der Waals surface area contributed by atoms with Gasteiger partial charge in [0.25, 0.3) is 0 Å². The van der Waals surface area contributed by atoms with Crippen LogP contribution in [0.3, 0.4) is 0 Å². The van der Waals surface area contributed by atoms with Gasteiger partial charge in [-0.15, -0.1) is 5.10 Å².